The fraction of sp³-hybridized carbons (Fsp3) is 0.188. The summed E-state index contributed by atoms with van der Waals surface area (Å²) in [6.07, 6.45) is 3.66. The number of aromatic nitrogens is 1. The van der Waals surface area contributed by atoms with E-state index in [4.69, 9.17) is 0 Å². The van der Waals surface area contributed by atoms with Crippen LogP contribution in [0, 0.1) is 20.8 Å². The van der Waals surface area contributed by atoms with Crippen LogP contribution in [0.3, 0.4) is 0 Å². The number of nitrogens with zero attached hydrogens (tertiary/aromatic N) is 1. The zero-order chi connectivity index (χ0) is 12.4. The summed E-state index contributed by atoms with van der Waals surface area (Å²) >= 11 is 0. The molecule has 0 radical (unpaired) electrons. The Morgan fingerprint density at radius 2 is 1.71 bits per heavy atom. The summed E-state index contributed by atoms with van der Waals surface area (Å²) in [6, 6.07) is 8.47. The van der Waals surface area contributed by atoms with Crippen LogP contribution in [0.25, 0.3) is 17.3 Å². The molecule has 1 nitrogen and oxygen atoms in total. The normalized spacial score (nSPS) is 10.3. The Morgan fingerprint density at radius 1 is 1.06 bits per heavy atom. The van der Waals surface area contributed by atoms with Gasteiger partial charge in [0.1, 0.15) is 0 Å². The third kappa shape index (κ3) is 2.28. The minimum Gasteiger partial charge on any atom is -0.256 e. The lowest BCUT2D eigenvalue weighted by Gasteiger charge is -2.08. The van der Waals surface area contributed by atoms with E-state index in [2.05, 4.69) is 44.5 Å². The molecule has 0 bridgehead atoms. The van der Waals surface area contributed by atoms with Crippen molar-refractivity contribution < 1.29 is 0 Å². The van der Waals surface area contributed by atoms with Gasteiger partial charge >= 0.3 is 0 Å². The number of hydrogen-bond acceptors (Lipinski definition) is 1. The van der Waals surface area contributed by atoms with Gasteiger partial charge in [0, 0.05) is 11.8 Å². The SMILES string of the molecule is C=Cc1ccc(-c2cc(C)c(C)c(C)c2)nc1. The molecule has 17 heavy (non-hydrogen) atoms. The van der Waals surface area contributed by atoms with Crippen molar-refractivity contribution in [2.24, 2.45) is 0 Å². The van der Waals surface area contributed by atoms with E-state index in [9.17, 15) is 0 Å². The molecule has 0 atom stereocenters. The highest BCUT2D eigenvalue weighted by molar-refractivity contribution is 5.63. The molecule has 1 aromatic carbocycles. The van der Waals surface area contributed by atoms with Crippen molar-refractivity contribution >= 4 is 6.08 Å². The van der Waals surface area contributed by atoms with Gasteiger partial charge in [0.05, 0.1) is 5.69 Å². The zero-order valence-corrected chi connectivity index (χ0v) is 10.6. The highest BCUT2D eigenvalue weighted by Crippen LogP contribution is 2.23. The average Bonchev–Trinajstić information content (AvgIpc) is 2.35. The molecule has 0 unspecified atom stereocenters. The minimum absolute atomic E-state index is 1.02. The first-order valence-electron chi connectivity index (χ1n) is 5.78. The Morgan fingerprint density at radius 3 is 2.18 bits per heavy atom. The number of rotatable bonds is 2. The lowest BCUT2D eigenvalue weighted by Crippen LogP contribution is -1.90. The van der Waals surface area contributed by atoms with Gasteiger partial charge in [0.25, 0.3) is 0 Å². The third-order valence-electron chi connectivity index (χ3n) is 3.24. The van der Waals surface area contributed by atoms with Crippen LogP contribution in [-0.2, 0) is 0 Å². The first-order valence-corrected chi connectivity index (χ1v) is 5.78. The van der Waals surface area contributed by atoms with Crippen LogP contribution in [0.2, 0.25) is 0 Å². The van der Waals surface area contributed by atoms with E-state index >= 15 is 0 Å². The molecule has 2 rings (SSSR count). The summed E-state index contributed by atoms with van der Waals surface area (Å²) < 4.78 is 0. The lowest BCUT2D eigenvalue weighted by molar-refractivity contribution is 1.25. The second kappa shape index (κ2) is 4.54. The number of pyridine rings is 1. The molecular weight excluding hydrogens is 206 g/mol. The topological polar surface area (TPSA) is 12.9 Å². The van der Waals surface area contributed by atoms with Crippen LogP contribution in [0.15, 0.2) is 37.0 Å². The predicted molar refractivity (Wildman–Crippen MR) is 74.0 cm³/mol. The molecule has 0 aliphatic rings. The summed E-state index contributed by atoms with van der Waals surface area (Å²) in [7, 11) is 0. The molecule has 0 fully saturated rings. The number of hydrogen-bond donors (Lipinski definition) is 0. The maximum atomic E-state index is 4.46. The van der Waals surface area contributed by atoms with Crippen molar-refractivity contribution in [3.63, 3.8) is 0 Å². The lowest BCUT2D eigenvalue weighted by atomic mass is 9.99. The Hall–Kier alpha value is -1.89. The van der Waals surface area contributed by atoms with Gasteiger partial charge in [-0.05, 0) is 61.2 Å². The summed E-state index contributed by atoms with van der Waals surface area (Å²) in [5, 5.41) is 0. The number of aryl methyl sites for hydroxylation is 2. The highest BCUT2D eigenvalue weighted by Gasteiger charge is 2.04. The van der Waals surface area contributed by atoms with Crippen molar-refractivity contribution in [3.8, 4) is 11.3 Å². The van der Waals surface area contributed by atoms with Crippen molar-refractivity contribution in [2.45, 2.75) is 20.8 Å². The Bertz CT molecular complexity index is 527. The van der Waals surface area contributed by atoms with E-state index in [-0.39, 0.29) is 0 Å². The molecule has 0 aliphatic heterocycles. The van der Waals surface area contributed by atoms with Crippen LogP contribution < -0.4 is 0 Å². The van der Waals surface area contributed by atoms with E-state index in [0.29, 0.717) is 0 Å². The Balaban J connectivity index is 2.49. The molecule has 1 heteroatoms. The maximum Gasteiger partial charge on any atom is 0.0702 e. The molecule has 1 heterocycles. The van der Waals surface area contributed by atoms with Crippen molar-refractivity contribution in [1.29, 1.82) is 0 Å². The summed E-state index contributed by atoms with van der Waals surface area (Å²) in [5.74, 6) is 0. The van der Waals surface area contributed by atoms with Gasteiger partial charge in [-0.25, -0.2) is 0 Å². The molecular formula is C16H17N. The van der Waals surface area contributed by atoms with Gasteiger partial charge in [0.2, 0.25) is 0 Å². The zero-order valence-electron chi connectivity index (χ0n) is 10.6. The van der Waals surface area contributed by atoms with Crippen molar-refractivity contribution in [3.05, 3.63) is 59.3 Å². The largest absolute Gasteiger partial charge is 0.256 e. The standard InChI is InChI=1S/C16H17N/c1-5-14-6-7-16(17-10-14)15-8-11(2)13(4)12(3)9-15/h5-10H,1H2,2-4H3. The van der Waals surface area contributed by atoms with Crippen LogP contribution in [0.5, 0.6) is 0 Å². The highest BCUT2D eigenvalue weighted by atomic mass is 14.7. The quantitative estimate of drug-likeness (QED) is 0.739. The van der Waals surface area contributed by atoms with Crippen LogP contribution in [-0.4, -0.2) is 4.98 Å². The summed E-state index contributed by atoms with van der Waals surface area (Å²) in [4.78, 5) is 4.46. The monoisotopic (exact) mass is 223 g/mol. The molecule has 0 aliphatic carbocycles. The van der Waals surface area contributed by atoms with Gasteiger partial charge < -0.3 is 0 Å². The van der Waals surface area contributed by atoms with Gasteiger partial charge in [0.15, 0.2) is 0 Å². The second-order valence-electron chi connectivity index (χ2n) is 4.42. The van der Waals surface area contributed by atoms with E-state index in [1.54, 1.807) is 0 Å². The Labute approximate surface area is 103 Å². The van der Waals surface area contributed by atoms with Gasteiger partial charge in [-0.15, -0.1) is 0 Å². The first-order chi connectivity index (χ1) is 8.11. The second-order valence-corrected chi connectivity index (χ2v) is 4.42. The van der Waals surface area contributed by atoms with Crippen molar-refractivity contribution in [1.82, 2.24) is 4.98 Å². The molecule has 0 spiro atoms. The number of benzene rings is 1. The molecule has 2 aromatic rings. The van der Waals surface area contributed by atoms with E-state index < -0.39 is 0 Å². The third-order valence-corrected chi connectivity index (χ3v) is 3.24. The summed E-state index contributed by atoms with van der Waals surface area (Å²) in [5.41, 5.74) is 7.23. The fourth-order valence-electron chi connectivity index (χ4n) is 1.88. The fourth-order valence-corrected chi connectivity index (χ4v) is 1.88. The summed E-state index contributed by atoms with van der Waals surface area (Å²) in [6.45, 7) is 10.2. The van der Waals surface area contributed by atoms with Crippen LogP contribution in [0.1, 0.15) is 22.3 Å². The smallest absolute Gasteiger partial charge is 0.0702 e. The molecule has 0 saturated carbocycles. The molecule has 86 valence electrons. The van der Waals surface area contributed by atoms with E-state index in [1.165, 1.54) is 22.3 Å². The van der Waals surface area contributed by atoms with Gasteiger partial charge in [-0.2, -0.15) is 0 Å². The molecule has 0 saturated heterocycles. The van der Waals surface area contributed by atoms with Crippen molar-refractivity contribution in [2.75, 3.05) is 0 Å². The first kappa shape index (κ1) is 11.6. The van der Waals surface area contributed by atoms with E-state index in [1.807, 2.05) is 24.4 Å². The van der Waals surface area contributed by atoms with Gasteiger partial charge in [-0.1, -0.05) is 18.7 Å². The maximum absolute atomic E-state index is 4.46. The van der Waals surface area contributed by atoms with Gasteiger partial charge in [-0.3, -0.25) is 4.98 Å². The molecule has 1 aromatic heterocycles. The Kier molecular flexibility index (Phi) is 3.10. The van der Waals surface area contributed by atoms with E-state index in [0.717, 1.165) is 11.3 Å². The minimum atomic E-state index is 1.02. The van der Waals surface area contributed by atoms with Crippen LogP contribution in [0.4, 0.5) is 0 Å². The van der Waals surface area contributed by atoms with Crippen LogP contribution >= 0.6 is 0 Å². The molecule has 0 N–H and O–H groups in total. The molecule has 0 amide bonds. The predicted octanol–water partition coefficient (Wildman–Crippen LogP) is 4.32. The average molecular weight is 223 g/mol.